The molecule has 0 amide bonds. The van der Waals surface area contributed by atoms with E-state index in [0.29, 0.717) is 17.3 Å². The van der Waals surface area contributed by atoms with Crippen LogP contribution in [0.25, 0.3) is 11.3 Å². The van der Waals surface area contributed by atoms with E-state index in [1.165, 1.54) is 18.3 Å². The highest BCUT2D eigenvalue weighted by atomic mass is 16.7. The summed E-state index contributed by atoms with van der Waals surface area (Å²) >= 11 is 0. The summed E-state index contributed by atoms with van der Waals surface area (Å²) in [4.78, 5) is 19.7. The second-order valence-electron chi connectivity index (χ2n) is 7.10. The van der Waals surface area contributed by atoms with Crippen LogP contribution in [0.4, 0.5) is 23.0 Å². The van der Waals surface area contributed by atoms with Crippen molar-refractivity contribution in [1.29, 1.82) is 0 Å². The Labute approximate surface area is 185 Å². The molecule has 2 aromatic heterocycles. The zero-order chi connectivity index (χ0) is 22.9. The van der Waals surface area contributed by atoms with Gasteiger partial charge in [0.05, 0.1) is 22.8 Å². The highest BCUT2D eigenvalue weighted by Crippen LogP contribution is 2.37. The van der Waals surface area contributed by atoms with Gasteiger partial charge in [-0.25, -0.2) is 9.61 Å². The first kappa shape index (κ1) is 20.1. The van der Waals surface area contributed by atoms with Gasteiger partial charge in [0.25, 0.3) is 5.69 Å². The third kappa shape index (κ3) is 3.82. The van der Waals surface area contributed by atoms with Gasteiger partial charge < -0.3 is 14.8 Å². The van der Waals surface area contributed by atoms with Gasteiger partial charge in [0.15, 0.2) is 23.1 Å². The number of rotatable bonds is 6. The second-order valence-corrected chi connectivity index (χ2v) is 7.10. The number of aromatic nitrogens is 4. The summed E-state index contributed by atoms with van der Waals surface area (Å²) in [6, 6.07) is 8.59. The van der Waals surface area contributed by atoms with E-state index >= 15 is 0 Å². The standard InChI is InChI=1S/C20H16N8O5/c1-10-4-3-5-13(11(10)2)22-17-18(24-20-19(23-17)26-33-27-20)25-21-8-12-6-15-16(32-9-31-15)7-14(12)28(29)30/h3-8H,9H2,1-2H3,(H,22,23,26)(H,24,25,27). The van der Waals surface area contributed by atoms with Gasteiger partial charge in [0, 0.05) is 5.69 Å². The van der Waals surface area contributed by atoms with Crippen LogP contribution in [0, 0.1) is 24.0 Å². The lowest BCUT2D eigenvalue weighted by molar-refractivity contribution is -0.385. The van der Waals surface area contributed by atoms with Crippen LogP contribution in [0.5, 0.6) is 11.5 Å². The number of hydrazone groups is 1. The molecule has 0 radical (unpaired) electrons. The first-order chi connectivity index (χ1) is 16.0. The van der Waals surface area contributed by atoms with Crippen LogP contribution >= 0.6 is 0 Å². The molecule has 0 unspecified atom stereocenters. The SMILES string of the molecule is Cc1cccc(Nc2nc3nonc3nc2NN=Cc2cc3c(cc2[N+](=O)[O-])OCO3)c1C. The molecule has 0 spiro atoms. The van der Waals surface area contributed by atoms with Crippen LogP contribution in [0.2, 0.25) is 0 Å². The van der Waals surface area contributed by atoms with Crippen molar-refractivity contribution in [3.05, 3.63) is 57.1 Å². The van der Waals surface area contributed by atoms with Crippen molar-refractivity contribution in [2.45, 2.75) is 13.8 Å². The molecular weight excluding hydrogens is 432 g/mol. The Morgan fingerprint density at radius 3 is 2.58 bits per heavy atom. The van der Waals surface area contributed by atoms with Gasteiger partial charge in [-0.2, -0.15) is 10.1 Å². The Hall–Kier alpha value is -4.81. The summed E-state index contributed by atoms with van der Waals surface area (Å²) < 4.78 is 15.2. The molecule has 1 aliphatic rings. The first-order valence-electron chi connectivity index (χ1n) is 9.70. The molecule has 0 bridgehead atoms. The zero-order valence-corrected chi connectivity index (χ0v) is 17.4. The maximum absolute atomic E-state index is 11.5. The molecule has 0 saturated carbocycles. The number of fused-ring (bicyclic) bond motifs is 2. The van der Waals surface area contributed by atoms with Crippen LogP contribution in [0.1, 0.15) is 16.7 Å². The van der Waals surface area contributed by atoms with E-state index in [0.717, 1.165) is 16.8 Å². The molecule has 13 nitrogen and oxygen atoms in total. The number of nitrogens with zero attached hydrogens (tertiary/aromatic N) is 6. The maximum Gasteiger partial charge on any atom is 0.282 e. The molecule has 0 saturated heterocycles. The fraction of sp³-hybridized carbons (Fsp3) is 0.150. The van der Waals surface area contributed by atoms with Crippen LogP contribution in [-0.2, 0) is 0 Å². The monoisotopic (exact) mass is 448 g/mol. The predicted molar refractivity (Wildman–Crippen MR) is 117 cm³/mol. The van der Waals surface area contributed by atoms with Gasteiger partial charge >= 0.3 is 0 Å². The molecule has 2 aromatic carbocycles. The Bertz CT molecular complexity index is 1420. The normalized spacial score (nSPS) is 12.4. The number of hydrogen-bond acceptors (Lipinski definition) is 12. The minimum Gasteiger partial charge on any atom is -0.454 e. The molecule has 33 heavy (non-hydrogen) atoms. The van der Waals surface area contributed by atoms with Crippen LogP contribution < -0.4 is 20.2 Å². The molecule has 3 heterocycles. The molecule has 5 rings (SSSR count). The molecule has 166 valence electrons. The van der Waals surface area contributed by atoms with E-state index in [1.54, 1.807) is 0 Å². The second kappa shape index (κ2) is 8.03. The van der Waals surface area contributed by atoms with Crippen molar-refractivity contribution in [3.63, 3.8) is 0 Å². The summed E-state index contributed by atoms with van der Waals surface area (Å²) in [6.45, 7) is 3.98. The third-order valence-corrected chi connectivity index (χ3v) is 5.06. The lowest BCUT2D eigenvalue weighted by Crippen LogP contribution is -2.04. The van der Waals surface area contributed by atoms with E-state index in [9.17, 15) is 10.1 Å². The van der Waals surface area contributed by atoms with E-state index in [-0.39, 0.29) is 35.2 Å². The largest absolute Gasteiger partial charge is 0.454 e. The predicted octanol–water partition coefficient (Wildman–Crippen LogP) is 3.46. The van der Waals surface area contributed by atoms with Crippen molar-refractivity contribution >= 4 is 40.5 Å². The molecule has 4 aromatic rings. The topological polar surface area (TPSA) is 163 Å². The molecule has 2 N–H and O–H groups in total. The highest BCUT2D eigenvalue weighted by molar-refractivity contribution is 5.88. The van der Waals surface area contributed by atoms with Crippen LogP contribution in [0.3, 0.4) is 0 Å². The maximum atomic E-state index is 11.5. The number of hydrogen-bond donors (Lipinski definition) is 2. The van der Waals surface area contributed by atoms with Crippen molar-refractivity contribution < 1.29 is 19.0 Å². The Morgan fingerprint density at radius 2 is 1.82 bits per heavy atom. The number of ether oxygens (including phenoxy) is 2. The minimum absolute atomic E-state index is 0.0000788. The summed E-state index contributed by atoms with van der Waals surface area (Å²) in [7, 11) is 0. The number of aryl methyl sites for hydroxylation is 1. The lowest BCUT2D eigenvalue weighted by atomic mass is 10.1. The first-order valence-corrected chi connectivity index (χ1v) is 9.70. The van der Waals surface area contributed by atoms with Gasteiger partial charge in [-0.05, 0) is 47.4 Å². The lowest BCUT2D eigenvalue weighted by Gasteiger charge is -2.12. The Balaban J connectivity index is 1.48. The van der Waals surface area contributed by atoms with Crippen molar-refractivity contribution in [1.82, 2.24) is 20.3 Å². The molecule has 0 aliphatic carbocycles. The minimum atomic E-state index is -0.524. The van der Waals surface area contributed by atoms with Crippen LogP contribution in [-0.4, -0.2) is 38.2 Å². The molecular formula is C20H16N8O5. The van der Waals surface area contributed by atoms with Gasteiger partial charge in [0.1, 0.15) is 0 Å². The Morgan fingerprint density at radius 1 is 1.09 bits per heavy atom. The fourth-order valence-corrected chi connectivity index (χ4v) is 3.19. The van der Waals surface area contributed by atoms with E-state index in [4.69, 9.17) is 14.1 Å². The number of nitrogens with one attached hydrogen (secondary N) is 2. The molecule has 13 heteroatoms. The zero-order valence-electron chi connectivity index (χ0n) is 17.4. The number of anilines is 3. The van der Waals surface area contributed by atoms with E-state index in [2.05, 4.69) is 36.1 Å². The summed E-state index contributed by atoms with van der Waals surface area (Å²) in [5, 5.41) is 26.2. The summed E-state index contributed by atoms with van der Waals surface area (Å²) in [6.07, 6.45) is 1.29. The Kier molecular flexibility index (Phi) is 4.89. The molecule has 0 fully saturated rings. The van der Waals surface area contributed by atoms with Gasteiger partial charge in [-0.3, -0.25) is 15.5 Å². The molecule has 0 atom stereocenters. The van der Waals surface area contributed by atoms with Gasteiger partial charge in [0.2, 0.25) is 18.1 Å². The van der Waals surface area contributed by atoms with E-state index < -0.39 is 4.92 Å². The smallest absolute Gasteiger partial charge is 0.282 e. The van der Waals surface area contributed by atoms with Crippen molar-refractivity contribution in [2.24, 2.45) is 5.10 Å². The fourth-order valence-electron chi connectivity index (χ4n) is 3.19. The van der Waals surface area contributed by atoms with Gasteiger partial charge in [-0.15, -0.1) is 0 Å². The number of nitro benzene ring substituents is 1. The average Bonchev–Trinajstić information content (AvgIpc) is 3.44. The van der Waals surface area contributed by atoms with Crippen molar-refractivity contribution in [3.8, 4) is 11.5 Å². The molecule has 1 aliphatic heterocycles. The van der Waals surface area contributed by atoms with Gasteiger partial charge in [-0.1, -0.05) is 12.1 Å². The number of benzene rings is 2. The quantitative estimate of drug-likeness (QED) is 0.252. The van der Waals surface area contributed by atoms with Crippen molar-refractivity contribution in [2.75, 3.05) is 17.5 Å². The highest BCUT2D eigenvalue weighted by Gasteiger charge is 2.22. The summed E-state index contributed by atoms with van der Waals surface area (Å²) in [5.74, 6) is 1.25. The average molecular weight is 448 g/mol. The third-order valence-electron chi connectivity index (χ3n) is 5.06. The van der Waals surface area contributed by atoms with E-state index in [1.807, 2.05) is 32.0 Å². The van der Waals surface area contributed by atoms with Crippen LogP contribution in [0.15, 0.2) is 40.1 Å². The summed E-state index contributed by atoms with van der Waals surface area (Å²) in [5.41, 5.74) is 6.13. The number of nitro groups is 1.